The lowest BCUT2D eigenvalue weighted by molar-refractivity contribution is -0.0404. The molecular formula is C52H43N3. The average Bonchev–Trinajstić information content (AvgIpc) is 3.65. The summed E-state index contributed by atoms with van der Waals surface area (Å²) < 4.78 is 0. The molecule has 0 atom stereocenters. The summed E-state index contributed by atoms with van der Waals surface area (Å²) in [5.41, 5.74) is 17.6. The summed E-state index contributed by atoms with van der Waals surface area (Å²) in [6.07, 6.45) is 7.08. The molecule has 0 radical (unpaired) electrons. The van der Waals surface area contributed by atoms with Gasteiger partial charge in [-0.3, -0.25) is 0 Å². The van der Waals surface area contributed by atoms with Gasteiger partial charge in [0.25, 0.3) is 0 Å². The van der Waals surface area contributed by atoms with E-state index < -0.39 is 0 Å². The predicted molar refractivity (Wildman–Crippen MR) is 222 cm³/mol. The zero-order chi connectivity index (χ0) is 36.5. The fraction of sp³-hybridized carbons (Fsp3) is 0.250. The normalized spacial score (nSPS) is 24.4. The van der Waals surface area contributed by atoms with E-state index in [0.717, 1.165) is 40.4 Å². The van der Waals surface area contributed by atoms with Crippen molar-refractivity contribution in [2.24, 2.45) is 23.7 Å². The quantitative estimate of drug-likeness (QED) is 0.183. The second kappa shape index (κ2) is 11.4. The van der Waals surface area contributed by atoms with Gasteiger partial charge in [0.1, 0.15) is 0 Å². The molecule has 3 heteroatoms. The lowest BCUT2D eigenvalue weighted by Gasteiger charge is -2.61. The largest absolute Gasteiger partial charge is 0.208 e. The van der Waals surface area contributed by atoms with Crippen LogP contribution in [0.2, 0.25) is 0 Å². The van der Waals surface area contributed by atoms with Crippen LogP contribution in [-0.4, -0.2) is 15.0 Å². The smallest absolute Gasteiger partial charge is 0.164 e. The summed E-state index contributed by atoms with van der Waals surface area (Å²) in [7, 11) is 0. The molecule has 0 N–H and O–H groups in total. The second-order valence-corrected chi connectivity index (χ2v) is 17.6. The van der Waals surface area contributed by atoms with Crippen molar-refractivity contribution in [3.8, 4) is 67.5 Å². The van der Waals surface area contributed by atoms with Crippen molar-refractivity contribution in [2.75, 3.05) is 0 Å². The van der Waals surface area contributed by atoms with Crippen molar-refractivity contribution in [3.05, 3.63) is 162 Å². The molecule has 3 nitrogen and oxygen atoms in total. The van der Waals surface area contributed by atoms with E-state index in [9.17, 15) is 0 Å². The Labute approximate surface area is 323 Å². The SMILES string of the molecule is CC1(C)c2ccc(-c3cccc(-c4nc(-c5ccccc5)nc(-c5ccccc5)n4)c3)cc2-c2ccc3c(c21)C1(c2ccccc2-3)C2CC3CC(C2)CC1C3. The first-order valence-corrected chi connectivity index (χ1v) is 20.4. The Balaban J connectivity index is 0.994. The molecule has 4 bridgehead atoms. The fourth-order valence-electron chi connectivity index (χ4n) is 12.5. The van der Waals surface area contributed by atoms with Crippen LogP contribution in [0.4, 0.5) is 0 Å². The fourth-order valence-corrected chi connectivity index (χ4v) is 12.5. The highest BCUT2D eigenvalue weighted by Crippen LogP contribution is 2.71. The van der Waals surface area contributed by atoms with E-state index in [1.807, 2.05) is 36.4 Å². The van der Waals surface area contributed by atoms with Gasteiger partial charge in [0.2, 0.25) is 0 Å². The number of hydrogen-bond acceptors (Lipinski definition) is 3. The molecule has 0 aliphatic heterocycles. The van der Waals surface area contributed by atoms with Gasteiger partial charge in [0.15, 0.2) is 17.5 Å². The minimum atomic E-state index is -0.0906. The van der Waals surface area contributed by atoms with Crippen LogP contribution in [0.25, 0.3) is 67.5 Å². The molecule has 266 valence electrons. The van der Waals surface area contributed by atoms with E-state index in [0.29, 0.717) is 17.5 Å². The Bertz CT molecular complexity index is 2610. The molecule has 4 saturated carbocycles. The molecule has 6 aliphatic rings. The Morgan fingerprint density at radius 1 is 0.400 bits per heavy atom. The molecule has 1 aromatic heterocycles. The zero-order valence-corrected chi connectivity index (χ0v) is 31.5. The van der Waals surface area contributed by atoms with Crippen molar-refractivity contribution in [3.63, 3.8) is 0 Å². The monoisotopic (exact) mass is 709 g/mol. The zero-order valence-electron chi connectivity index (χ0n) is 31.5. The molecule has 0 unspecified atom stereocenters. The van der Waals surface area contributed by atoms with E-state index in [1.165, 1.54) is 71.0 Å². The highest BCUT2D eigenvalue weighted by atomic mass is 15.0. The summed E-state index contributed by atoms with van der Waals surface area (Å²) >= 11 is 0. The van der Waals surface area contributed by atoms with Crippen LogP contribution >= 0.6 is 0 Å². The number of nitrogens with zero attached hydrogens (tertiary/aromatic N) is 3. The minimum Gasteiger partial charge on any atom is -0.208 e. The van der Waals surface area contributed by atoms with E-state index in [4.69, 9.17) is 15.0 Å². The summed E-state index contributed by atoms with van der Waals surface area (Å²) in [5.74, 6) is 5.38. The van der Waals surface area contributed by atoms with Crippen molar-refractivity contribution >= 4 is 0 Å². The third kappa shape index (κ3) is 4.41. The first-order chi connectivity index (χ1) is 27.0. The van der Waals surface area contributed by atoms with Gasteiger partial charge < -0.3 is 0 Å². The van der Waals surface area contributed by atoms with Crippen molar-refractivity contribution in [1.29, 1.82) is 0 Å². The highest BCUT2D eigenvalue weighted by Gasteiger charge is 2.63. The molecule has 0 saturated heterocycles. The van der Waals surface area contributed by atoms with Crippen LogP contribution in [0.3, 0.4) is 0 Å². The lowest BCUT2D eigenvalue weighted by atomic mass is 9.42. The number of benzene rings is 6. The van der Waals surface area contributed by atoms with Crippen LogP contribution in [-0.2, 0) is 10.8 Å². The Morgan fingerprint density at radius 2 is 0.927 bits per heavy atom. The third-order valence-electron chi connectivity index (χ3n) is 14.5. The maximum absolute atomic E-state index is 5.04. The van der Waals surface area contributed by atoms with Crippen molar-refractivity contribution in [2.45, 2.75) is 56.8 Å². The number of rotatable bonds is 4. The number of aromatic nitrogens is 3. The molecule has 55 heavy (non-hydrogen) atoms. The van der Waals surface area contributed by atoms with E-state index >= 15 is 0 Å². The Kier molecular flexibility index (Phi) is 6.58. The van der Waals surface area contributed by atoms with Gasteiger partial charge in [-0.25, -0.2) is 15.0 Å². The molecule has 4 fully saturated rings. The summed E-state index contributed by atoms with van der Waals surface area (Å²) in [5, 5.41) is 0. The molecule has 1 spiro atoms. The molecule has 1 heterocycles. The average molecular weight is 710 g/mol. The van der Waals surface area contributed by atoms with Gasteiger partial charge >= 0.3 is 0 Å². The van der Waals surface area contributed by atoms with Gasteiger partial charge in [-0.15, -0.1) is 0 Å². The van der Waals surface area contributed by atoms with Crippen molar-refractivity contribution in [1.82, 2.24) is 15.0 Å². The molecule has 6 aromatic carbocycles. The maximum Gasteiger partial charge on any atom is 0.164 e. The van der Waals surface area contributed by atoms with Crippen LogP contribution in [0.5, 0.6) is 0 Å². The maximum atomic E-state index is 5.04. The third-order valence-corrected chi connectivity index (χ3v) is 14.5. The molecule has 0 amide bonds. The number of hydrogen-bond donors (Lipinski definition) is 0. The van der Waals surface area contributed by atoms with E-state index in [-0.39, 0.29) is 10.8 Å². The lowest BCUT2D eigenvalue weighted by Crippen LogP contribution is -2.55. The topological polar surface area (TPSA) is 38.7 Å². The van der Waals surface area contributed by atoms with E-state index in [1.54, 1.807) is 16.7 Å². The van der Waals surface area contributed by atoms with Gasteiger partial charge in [0.05, 0.1) is 0 Å². The molecule has 13 rings (SSSR count). The highest BCUT2D eigenvalue weighted by molar-refractivity contribution is 5.93. The van der Waals surface area contributed by atoms with Gasteiger partial charge in [-0.05, 0) is 124 Å². The molecule has 6 aliphatic carbocycles. The minimum absolute atomic E-state index is 0.0906. The van der Waals surface area contributed by atoms with Gasteiger partial charge in [-0.1, -0.05) is 141 Å². The predicted octanol–water partition coefficient (Wildman–Crippen LogP) is 12.6. The summed E-state index contributed by atoms with van der Waals surface area (Å²) in [6.45, 7) is 5.00. The first kappa shape index (κ1) is 31.7. The van der Waals surface area contributed by atoms with Crippen LogP contribution in [0.15, 0.2) is 140 Å². The van der Waals surface area contributed by atoms with E-state index in [2.05, 4.69) is 117 Å². The second-order valence-electron chi connectivity index (χ2n) is 17.6. The molecular weight excluding hydrogens is 667 g/mol. The van der Waals surface area contributed by atoms with Gasteiger partial charge in [-0.2, -0.15) is 0 Å². The van der Waals surface area contributed by atoms with Crippen LogP contribution in [0.1, 0.15) is 68.2 Å². The molecule has 7 aromatic rings. The van der Waals surface area contributed by atoms with Crippen molar-refractivity contribution < 1.29 is 0 Å². The van der Waals surface area contributed by atoms with Crippen LogP contribution in [0, 0.1) is 23.7 Å². The number of fused-ring (bicyclic) bond motifs is 7. The Morgan fingerprint density at radius 3 is 1.58 bits per heavy atom. The van der Waals surface area contributed by atoms with Crippen LogP contribution < -0.4 is 0 Å². The first-order valence-electron chi connectivity index (χ1n) is 20.4. The van der Waals surface area contributed by atoms with Gasteiger partial charge in [0, 0.05) is 27.5 Å². The summed E-state index contributed by atoms with van der Waals surface area (Å²) in [4.78, 5) is 15.0. The Hall–Kier alpha value is -5.67. The summed E-state index contributed by atoms with van der Waals surface area (Å²) in [6, 6.07) is 50.9. The standard InChI is InChI=1S/C52H43N3/c1-51(2)44-23-20-36(35-16-11-17-37(29-35)50-54-48(33-12-5-3-6-13-33)53-49(55-50)34-14-7-4-8-15-34)30-43(44)42-22-21-41-40-18-9-10-19-45(40)52(47(41)46(42)51)38-25-31-24-32(27-38)28-39(52)26-31/h3-23,29-32,38-39H,24-28H2,1-2H3.